The van der Waals surface area contributed by atoms with Crippen molar-refractivity contribution < 1.29 is 14.3 Å². The standard InChI is InChI=1S/C14H16ClN3O3/c1-3-21-13(20)14(2)8-11(17-16)12(19)18(14)10-6-4-9(15)5-7-10/h4-8,17H,3,16H2,1-2H3. The summed E-state index contributed by atoms with van der Waals surface area (Å²) < 4.78 is 5.07. The lowest BCUT2D eigenvalue weighted by Crippen LogP contribution is -2.51. The first kappa shape index (κ1) is 15.3. The Morgan fingerprint density at radius 1 is 1.43 bits per heavy atom. The molecular formula is C14H16ClN3O3. The number of esters is 1. The predicted molar refractivity (Wildman–Crippen MR) is 79.4 cm³/mol. The van der Waals surface area contributed by atoms with E-state index >= 15 is 0 Å². The van der Waals surface area contributed by atoms with E-state index in [2.05, 4.69) is 5.43 Å². The van der Waals surface area contributed by atoms with Gasteiger partial charge in [-0.25, -0.2) is 4.79 Å². The number of nitrogens with two attached hydrogens (primary N) is 1. The number of carbonyl (C=O) groups excluding carboxylic acids is 2. The Labute approximate surface area is 127 Å². The summed E-state index contributed by atoms with van der Waals surface area (Å²) in [6, 6.07) is 6.60. The van der Waals surface area contributed by atoms with Crippen LogP contribution in [0.25, 0.3) is 0 Å². The molecule has 0 spiro atoms. The minimum absolute atomic E-state index is 0.139. The van der Waals surface area contributed by atoms with E-state index in [0.29, 0.717) is 10.7 Å². The topological polar surface area (TPSA) is 84.7 Å². The Bertz CT molecular complexity index is 600. The van der Waals surface area contributed by atoms with Gasteiger partial charge in [0.1, 0.15) is 5.70 Å². The van der Waals surface area contributed by atoms with Gasteiger partial charge in [-0.3, -0.25) is 15.5 Å². The highest BCUT2D eigenvalue weighted by Crippen LogP contribution is 2.34. The number of amides is 1. The zero-order valence-electron chi connectivity index (χ0n) is 11.7. The van der Waals surface area contributed by atoms with E-state index in [-0.39, 0.29) is 12.3 Å². The first-order chi connectivity index (χ1) is 9.93. The molecule has 112 valence electrons. The molecule has 21 heavy (non-hydrogen) atoms. The van der Waals surface area contributed by atoms with E-state index in [1.54, 1.807) is 38.1 Å². The van der Waals surface area contributed by atoms with Crippen LogP contribution in [0.4, 0.5) is 5.69 Å². The molecule has 0 aliphatic carbocycles. The van der Waals surface area contributed by atoms with Crippen LogP contribution in [0.3, 0.4) is 0 Å². The zero-order chi connectivity index (χ0) is 15.6. The highest BCUT2D eigenvalue weighted by Gasteiger charge is 2.49. The summed E-state index contributed by atoms with van der Waals surface area (Å²) in [5.74, 6) is 4.41. The second-order valence-corrected chi connectivity index (χ2v) is 5.12. The summed E-state index contributed by atoms with van der Waals surface area (Å²) in [4.78, 5) is 26.0. The van der Waals surface area contributed by atoms with E-state index < -0.39 is 17.4 Å². The van der Waals surface area contributed by atoms with Gasteiger partial charge in [-0.15, -0.1) is 0 Å². The third-order valence-electron chi connectivity index (χ3n) is 3.25. The first-order valence-electron chi connectivity index (χ1n) is 6.41. The minimum atomic E-state index is -1.26. The van der Waals surface area contributed by atoms with Crippen molar-refractivity contribution in [3.05, 3.63) is 41.1 Å². The molecule has 0 fully saturated rings. The van der Waals surface area contributed by atoms with Crippen molar-refractivity contribution in [2.45, 2.75) is 19.4 Å². The predicted octanol–water partition coefficient (Wildman–Crippen LogP) is 1.36. The maximum atomic E-state index is 12.4. The average molecular weight is 310 g/mol. The van der Waals surface area contributed by atoms with Crippen LogP contribution >= 0.6 is 11.6 Å². The van der Waals surface area contributed by atoms with Gasteiger partial charge >= 0.3 is 5.97 Å². The second-order valence-electron chi connectivity index (χ2n) is 4.69. The SMILES string of the molecule is CCOC(=O)C1(C)C=C(NN)C(=O)N1c1ccc(Cl)cc1. The van der Waals surface area contributed by atoms with E-state index in [9.17, 15) is 9.59 Å². The molecule has 1 aliphatic heterocycles. The Morgan fingerprint density at radius 2 is 2.05 bits per heavy atom. The average Bonchev–Trinajstić information content (AvgIpc) is 2.73. The largest absolute Gasteiger partial charge is 0.464 e. The van der Waals surface area contributed by atoms with Crippen molar-refractivity contribution in [2.24, 2.45) is 5.84 Å². The molecule has 0 bridgehead atoms. The monoisotopic (exact) mass is 309 g/mol. The normalized spacial score (nSPS) is 21.2. The number of anilines is 1. The van der Waals surface area contributed by atoms with Gasteiger partial charge in [0, 0.05) is 10.7 Å². The summed E-state index contributed by atoms with van der Waals surface area (Å²) >= 11 is 5.85. The maximum Gasteiger partial charge on any atom is 0.336 e. The Hall–Kier alpha value is -2.05. The third-order valence-corrected chi connectivity index (χ3v) is 3.50. The van der Waals surface area contributed by atoms with Crippen molar-refractivity contribution in [1.29, 1.82) is 0 Å². The van der Waals surface area contributed by atoms with Crippen LogP contribution in [0.15, 0.2) is 36.0 Å². The van der Waals surface area contributed by atoms with Gasteiger partial charge in [-0.05, 0) is 44.2 Å². The van der Waals surface area contributed by atoms with E-state index in [0.717, 1.165) is 0 Å². The molecule has 6 nitrogen and oxygen atoms in total. The number of carbonyl (C=O) groups is 2. The highest BCUT2D eigenvalue weighted by atomic mass is 35.5. The second kappa shape index (κ2) is 5.75. The van der Waals surface area contributed by atoms with Crippen molar-refractivity contribution in [2.75, 3.05) is 11.5 Å². The summed E-state index contributed by atoms with van der Waals surface area (Å²) in [6.07, 6.45) is 1.46. The Balaban J connectivity index is 2.48. The van der Waals surface area contributed by atoms with Gasteiger partial charge in [-0.2, -0.15) is 0 Å². The number of hydrogen-bond donors (Lipinski definition) is 2. The summed E-state index contributed by atoms with van der Waals surface area (Å²) in [5, 5.41) is 0.536. The molecule has 1 aromatic rings. The van der Waals surface area contributed by atoms with Crippen LogP contribution in [-0.4, -0.2) is 24.0 Å². The number of ether oxygens (including phenoxy) is 1. The van der Waals surface area contributed by atoms with Crippen LogP contribution in [0, 0.1) is 0 Å². The Kier molecular flexibility index (Phi) is 4.20. The summed E-state index contributed by atoms with van der Waals surface area (Å²) in [6.45, 7) is 3.52. The van der Waals surface area contributed by atoms with Crippen molar-refractivity contribution in [1.82, 2.24) is 5.43 Å². The van der Waals surface area contributed by atoms with E-state index in [1.165, 1.54) is 11.0 Å². The number of rotatable bonds is 4. The van der Waals surface area contributed by atoms with Gasteiger partial charge in [0.25, 0.3) is 5.91 Å². The first-order valence-corrected chi connectivity index (χ1v) is 6.78. The Morgan fingerprint density at radius 3 is 2.57 bits per heavy atom. The van der Waals surface area contributed by atoms with E-state index in [1.807, 2.05) is 0 Å². The number of hydrazine groups is 1. The molecule has 7 heteroatoms. The van der Waals surface area contributed by atoms with Crippen molar-refractivity contribution >= 4 is 29.2 Å². The molecule has 1 atom stereocenters. The molecule has 0 radical (unpaired) electrons. The molecule has 2 rings (SSSR count). The molecule has 1 unspecified atom stereocenters. The molecular weight excluding hydrogens is 294 g/mol. The van der Waals surface area contributed by atoms with Gasteiger partial charge in [0.05, 0.1) is 6.61 Å². The van der Waals surface area contributed by atoms with Crippen LogP contribution < -0.4 is 16.2 Å². The summed E-state index contributed by atoms with van der Waals surface area (Å²) in [5.41, 5.74) is 1.72. The number of benzene rings is 1. The minimum Gasteiger partial charge on any atom is -0.464 e. The lowest BCUT2D eigenvalue weighted by Gasteiger charge is -2.32. The molecule has 1 amide bonds. The van der Waals surface area contributed by atoms with Gasteiger partial charge in [-0.1, -0.05) is 11.6 Å². The molecule has 0 saturated heterocycles. The molecule has 0 saturated carbocycles. The summed E-state index contributed by atoms with van der Waals surface area (Å²) in [7, 11) is 0. The third kappa shape index (κ3) is 2.59. The smallest absolute Gasteiger partial charge is 0.336 e. The molecule has 1 heterocycles. The molecule has 1 aliphatic rings. The zero-order valence-corrected chi connectivity index (χ0v) is 12.5. The number of nitrogens with zero attached hydrogens (tertiary/aromatic N) is 1. The van der Waals surface area contributed by atoms with Crippen molar-refractivity contribution in [3.8, 4) is 0 Å². The lowest BCUT2D eigenvalue weighted by atomic mass is 10.0. The van der Waals surface area contributed by atoms with Crippen molar-refractivity contribution in [3.63, 3.8) is 0 Å². The fraction of sp³-hybridized carbons (Fsp3) is 0.286. The van der Waals surface area contributed by atoms with Crippen LogP contribution in [0.1, 0.15) is 13.8 Å². The fourth-order valence-electron chi connectivity index (χ4n) is 2.25. The lowest BCUT2D eigenvalue weighted by molar-refractivity contribution is -0.147. The van der Waals surface area contributed by atoms with Crippen LogP contribution in [0.5, 0.6) is 0 Å². The van der Waals surface area contributed by atoms with Crippen LogP contribution in [0.2, 0.25) is 5.02 Å². The van der Waals surface area contributed by atoms with Gasteiger partial charge in [0.2, 0.25) is 0 Å². The quantitative estimate of drug-likeness (QED) is 0.498. The van der Waals surface area contributed by atoms with E-state index in [4.69, 9.17) is 22.2 Å². The van der Waals surface area contributed by atoms with Gasteiger partial charge < -0.3 is 10.2 Å². The molecule has 1 aromatic carbocycles. The highest BCUT2D eigenvalue weighted by molar-refractivity contribution is 6.30. The van der Waals surface area contributed by atoms with Gasteiger partial charge in [0.15, 0.2) is 5.54 Å². The van der Waals surface area contributed by atoms with Crippen LogP contribution in [-0.2, 0) is 14.3 Å². The molecule has 0 aromatic heterocycles. The number of hydrogen-bond acceptors (Lipinski definition) is 5. The fourth-order valence-corrected chi connectivity index (χ4v) is 2.37. The molecule has 3 N–H and O–H groups in total. The number of halogens is 1. The number of nitrogens with one attached hydrogen (secondary N) is 1. The maximum absolute atomic E-state index is 12.4.